The average molecular weight is 196 g/mol. The Kier molecular flexibility index (Phi) is 3.32. The van der Waals surface area contributed by atoms with E-state index in [4.69, 9.17) is 0 Å². The topological polar surface area (TPSA) is 38.0 Å². The molecule has 0 aliphatic heterocycles. The molecule has 14 heavy (non-hydrogen) atoms. The maximum atomic E-state index is 9.82. The first kappa shape index (κ1) is 11.2. The molecule has 0 spiro atoms. The van der Waals surface area contributed by atoms with Crippen LogP contribution in [0.2, 0.25) is 0 Å². The van der Waals surface area contributed by atoms with E-state index in [1.54, 1.807) is 4.68 Å². The van der Waals surface area contributed by atoms with Gasteiger partial charge in [-0.25, -0.2) is 0 Å². The van der Waals surface area contributed by atoms with Gasteiger partial charge in [-0.3, -0.25) is 4.68 Å². The van der Waals surface area contributed by atoms with Crippen molar-refractivity contribution in [3.8, 4) is 0 Å². The van der Waals surface area contributed by atoms with E-state index in [2.05, 4.69) is 25.9 Å². The second-order valence-corrected chi connectivity index (χ2v) is 4.90. The summed E-state index contributed by atoms with van der Waals surface area (Å²) in [6.45, 7) is 6.16. The molecule has 1 heterocycles. The van der Waals surface area contributed by atoms with E-state index in [1.807, 2.05) is 19.3 Å². The second-order valence-electron chi connectivity index (χ2n) is 4.90. The van der Waals surface area contributed by atoms with Crippen LogP contribution in [-0.2, 0) is 13.5 Å². The highest BCUT2D eigenvalue weighted by Crippen LogP contribution is 2.22. The van der Waals surface area contributed by atoms with E-state index in [9.17, 15) is 5.11 Å². The predicted molar refractivity (Wildman–Crippen MR) is 57.0 cm³/mol. The van der Waals surface area contributed by atoms with E-state index in [1.165, 1.54) is 0 Å². The number of aryl methyl sites for hydroxylation is 2. The largest absolute Gasteiger partial charge is 0.393 e. The maximum absolute atomic E-state index is 9.82. The number of hydrogen-bond donors (Lipinski definition) is 1. The quantitative estimate of drug-likeness (QED) is 0.800. The zero-order valence-electron chi connectivity index (χ0n) is 9.49. The van der Waals surface area contributed by atoms with Crippen LogP contribution in [-0.4, -0.2) is 21.0 Å². The maximum Gasteiger partial charge on any atom is 0.0625 e. The molecule has 0 saturated heterocycles. The number of aliphatic hydroxyl groups excluding tert-OH is 1. The van der Waals surface area contributed by atoms with Crippen molar-refractivity contribution in [2.75, 3.05) is 0 Å². The van der Waals surface area contributed by atoms with Crippen LogP contribution in [0, 0.1) is 5.41 Å². The molecule has 0 aliphatic carbocycles. The van der Waals surface area contributed by atoms with Crippen molar-refractivity contribution < 1.29 is 5.11 Å². The van der Waals surface area contributed by atoms with Gasteiger partial charge in [0, 0.05) is 13.2 Å². The van der Waals surface area contributed by atoms with Gasteiger partial charge in [-0.05, 0) is 24.3 Å². The minimum absolute atomic E-state index is 0.0330. The van der Waals surface area contributed by atoms with E-state index in [0.717, 1.165) is 18.5 Å². The third-order valence-electron chi connectivity index (χ3n) is 2.44. The van der Waals surface area contributed by atoms with Gasteiger partial charge in [0.25, 0.3) is 0 Å². The average Bonchev–Trinajstić information content (AvgIpc) is 2.45. The van der Waals surface area contributed by atoms with Gasteiger partial charge >= 0.3 is 0 Å². The van der Waals surface area contributed by atoms with Crippen LogP contribution in [0.3, 0.4) is 0 Å². The van der Waals surface area contributed by atoms with E-state index >= 15 is 0 Å². The smallest absolute Gasteiger partial charge is 0.0625 e. The van der Waals surface area contributed by atoms with Crippen molar-refractivity contribution in [1.29, 1.82) is 0 Å². The summed E-state index contributed by atoms with van der Waals surface area (Å²) in [7, 11) is 1.91. The van der Waals surface area contributed by atoms with Gasteiger partial charge in [-0.15, -0.1) is 0 Å². The molecule has 0 aliphatic rings. The molecule has 1 unspecified atom stereocenters. The molecule has 0 aromatic carbocycles. The first-order valence-corrected chi connectivity index (χ1v) is 5.06. The lowest BCUT2D eigenvalue weighted by atomic mass is 9.86. The van der Waals surface area contributed by atoms with E-state index < -0.39 is 0 Å². The zero-order chi connectivity index (χ0) is 10.8. The van der Waals surface area contributed by atoms with Crippen LogP contribution in [0.5, 0.6) is 0 Å². The Morgan fingerprint density at radius 1 is 1.50 bits per heavy atom. The zero-order valence-corrected chi connectivity index (χ0v) is 9.49. The summed E-state index contributed by atoms with van der Waals surface area (Å²) < 4.78 is 1.79. The number of aromatic nitrogens is 2. The van der Waals surface area contributed by atoms with Gasteiger partial charge < -0.3 is 5.11 Å². The Balaban J connectivity index is 2.41. The first-order chi connectivity index (χ1) is 6.39. The number of nitrogens with zero attached hydrogens (tertiary/aromatic N) is 2. The predicted octanol–water partition coefficient (Wildman–Crippen LogP) is 1.76. The molecule has 1 rings (SSSR count). The molecule has 0 radical (unpaired) electrons. The monoisotopic (exact) mass is 196 g/mol. The SMILES string of the molecule is Cn1ccc(CCC(O)C(C)(C)C)n1. The summed E-state index contributed by atoms with van der Waals surface area (Å²) in [5.74, 6) is 0. The normalized spacial score (nSPS) is 14.4. The van der Waals surface area contributed by atoms with Gasteiger partial charge in [0.2, 0.25) is 0 Å². The van der Waals surface area contributed by atoms with E-state index in [0.29, 0.717) is 0 Å². The highest BCUT2D eigenvalue weighted by Gasteiger charge is 2.21. The molecule has 0 fully saturated rings. The molecule has 1 N–H and O–H groups in total. The first-order valence-electron chi connectivity index (χ1n) is 5.06. The molecule has 3 heteroatoms. The van der Waals surface area contributed by atoms with Crippen LogP contribution >= 0.6 is 0 Å². The molecule has 1 aromatic rings. The Labute approximate surface area is 85.8 Å². The van der Waals surface area contributed by atoms with Crippen molar-refractivity contribution in [2.45, 2.75) is 39.7 Å². The molecule has 1 aromatic heterocycles. The number of aliphatic hydroxyl groups is 1. The number of hydrogen-bond acceptors (Lipinski definition) is 2. The molecule has 3 nitrogen and oxygen atoms in total. The van der Waals surface area contributed by atoms with Gasteiger partial charge in [0.1, 0.15) is 0 Å². The fourth-order valence-corrected chi connectivity index (χ4v) is 1.31. The third kappa shape index (κ3) is 3.14. The lowest BCUT2D eigenvalue weighted by molar-refractivity contribution is 0.0557. The van der Waals surface area contributed by atoms with Gasteiger partial charge in [0.05, 0.1) is 11.8 Å². The fourth-order valence-electron chi connectivity index (χ4n) is 1.31. The highest BCUT2D eigenvalue weighted by molar-refractivity contribution is 4.99. The standard InChI is InChI=1S/C11H20N2O/c1-11(2,3)10(14)6-5-9-7-8-13(4)12-9/h7-8,10,14H,5-6H2,1-4H3. The lowest BCUT2D eigenvalue weighted by Gasteiger charge is -2.25. The molecule has 80 valence electrons. The van der Waals surface area contributed by atoms with E-state index in [-0.39, 0.29) is 11.5 Å². The Hall–Kier alpha value is -0.830. The Morgan fingerprint density at radius 3 is 2.57 bits per heavy atom. The van der Waals surface area contributed by atoms with Crippen LogP contribution in [0.1, 0.15) is 32.9 Å². The second kappa shape index (κ2) is 4.13. The molecular formula is C11H20N2O. The van der Waals surface area contributed by atoms with Crippen molar-refractivity contribution in [2.24, 2.45) is 12.5 Å². The van der Waals surface area contributed by atoms with Gasteiger partial charge in [-0.2, -0.15) is 5.10 Å². The summed E-state index contributed by atoms with van der Waals surface area (Å²) in [5, 5.41) is 14.1. The van der Waals surface area contributed by atoms with Gasteiger partial charge in [-0.1, -0.05) is 20.8 Å². The molecule has 0 saturated carbocycles. The summed E-state index contributed by atoms with van der Waals surface area (Å²) in [4.78, 5) is 0. The Morgan fingerprint density at radius 2 is 2.14 bits per heavy atom. The minimum Gasteiger partial charge on any atom is -0.393 e. The van der Waals surface area contributed by atoms with Crippen molar-refractivity contribution in [3.05, 3.63) is 18.0 Å². The van der Waals surface area contributed by atoms with Crippen LogP contribution < -0.4 is 0 Å². The number of rotatable bonds is 3. The Bertz CT molecular complexity index is 286. The summed E-state index contributed by atoms with van der Waals surface area (Å²) in [5.41, 5.74) is 1.02. The summed E-state index contributed by atoms with van der Waals surface area (Å²) in [6.07, 6.45) is 3.29. The van der Waals surface area contributed by atoms with Crippen molar-refractivity contribution >= 4 is 0 Å². The third-order valence-corrected chi connectivity index (χ3v) is 2.44. The molecule has 1 atom stereocenters. The molecule has 0 amide bonds. The molecular weight excluding hydrogens is 176 g/mol. The summed E-state index contributed by atoms with van der Waals surface area (Å²) >= 11 is 0. The van der Waals surface area contributed by atoms with Crippen molar-refractivity contribution in [1.82, 2.24) is 9.78 Å². The molecule has 0 bridgehead atoms. The highest BCUT2D eigenvalue weighted by atomic mass is 16.3. The van der Waals surface area contributed by atoms with Gasteiger partial charge in [0.15, 0.2) is 0 Å². The fraction of sp³-hybridized carbons (Fsp3) is 0.727. The summed E-state index contributed by atoms with van der Waals surface area (Å²) in [6, 6.07) is 2.00. The van der Waals surface area contributed by atoms with Crippen LogP contribution in [0.4, 0.5) is 0 Å². The lowest BCUT2D eigenvalue weighted by Crippen LogP contribution is -2.26. The minimum atomic E-state index is -0.260. The van der Waals surface area contributed by atoms with Crippen LogP contribution in [0.25, 0.3) is 0 Å². The van der Waals surface area contributed by atoms with Crippen LogP contribution in [0.15, 0.2) is 12.3 Å². The van der Waals surface area contributed by atoms with Crippen molar-refractivity contribution in [3.63, 3.8) is 0 Å².